The van der Waals surface area contributed by atoms with Gasteiger partial charge in [-0.25, -0.2) is 4.85 Å². The number of benzene rings is 8. The number of rotatable bonds is 4. The maximum absolute atomic E-state index is 9.97. The van der Waals surface area contributed by atoms with Crippen molar-refractivity contribution in [2.45, 2.75) is 15.2 Å². The maximum Gasteiger partial charge on any atom is 0.188 e. The molecule has 1 spiro atoms. The third-order valence-electron chi connectivity index (χ3n) is 14.1. The lowest BCUT2D eigenvalue weighted by atomic mass is 9.67. The van der Waals surface area contributed by atoms with Gasteiger partial charge < -0.3 is 9.13 Å². The van der Waals surface area contributed by atoms with E-state index >= 15 is 0 Å². The first-order valence-electron chi connectivity index (χ1n) is 22.5. The van der Waals surface area contributed by atoms with Crippen LogP contribution in [0.2, 0.25) is 0 Å². The number of aromatic nitrogens is 4. The highest BCUT2D eigenvalue weighted by atomic mass is 32.2. The number of nitrogens with zero attached hydrogens (tertiary/aromatic N) is 6. The van der Waals surface area contributed by atoms with Crippen molar-refractivity contribution in [2.24, 2.45) is 0 Å². The molecule has 4 aromatic heterocycles. The molecule has 8 aromatic carbocycles. The van der Waals surface area contributed by atoms with Crippen LogP contribution in [0.25, 0.3) is 93.5 Å². The van der Waals surface area contributed by atoms with Gasteiger partial charge in [-0.3, -0.25) is 9.97 Å². The van der Waals surface area contributed by atoms with Crippen LogP contribution in [0.15, 0.2) is 216 Å². The summed E-state index contributed by atoms with van der Waals surface area (Å²) in [7, 11) is 0. The Labute approximate surface area is 395 Å². The quantitative estimate of drug-likeness (QED) is 0.165. The fourth-order valence-corrected chi connectivity index (χ4v) is 12.4. The van der Waals surface area contributed by atoms with E-state index in [1.54, 1.807) is 0 Å². The number of nitriles is 1. The van der Waals surface area contributed by atoms with Gasteiger partial charge in [0.2, 0.25) is 0 Å². The van der Waals surface area contributed by atoms with E-state index in [-0.39, 0.29) is 0 Å². The van der Waals surface area contributed by atoms with Crippen molar-refractivity contribution >= 4 is 61.1 Å². The van der Waals surface area contributed by atoms with Crippen molar-refractivity contribution in [1.29, 1.82) is 5.26 Å². The minimum Gasteiger partial charge on any atom is -0.309 e. The van der Waals surface area contributed by atoms with E-state index in [0.717, 1.165) is 99.8 Å². The second-order valence-electron chi connectivity index (χ2n) is 17.5. The Balaban J connectivity index is 0.960. The Morgan fingerprint density at radius 3 is 1.57 bits per heavy atom. The van der Waals surface area contributed by atoms with Crippen LogP contribution in [0.4, 0.5) is 5.69 Å². The average Bonchev–Trinajstić information content (AvgIpc) is 4.02. The van der Waals surface area contributed by atoms with Crippen LogP contribution in [-0.2, 0) is 5.41 Å². The summed E-state index contributed by atoms with van der Waals surface area (Å²) >= 11 is 1.82. The predicted molar refractivity (Wildman–Crippen MR) is 274 cm³/mol. The Hall–Kier alpha value is -9.01. The summed E-state index contributed by atoms with van der Waals surface area (Å²) in [5.74, 6) is 0. The highest BCUT2D eigenvalue weighted by Gasteiger charge is 2.51. The molecule has 0 saturated carbocycles. The zero-order chi connectivity index (χ0) is 45.1. The molecule has 1 aliphatic carbocycles. The second kappa shape index (κ2) is 14.5. The van der Waals surface area contributed by atoms with Crippen molar-refractivity contribution in [3.63, 3.8) is 0 Å². The summed E-state index contributed by atoms with van der Waals surface area (Å²) in [5.41, 5.74) is 17.9. The summed E-state index contributed by atoms with van der Waals surface area (Å²) in [5, 5.41) is 14.3. The number of hydrogen-bond donors (Lipinski definition) is 0. The van der Waals surface area contributed by atoms with Gasteiger partial charge in [-0.15, -0.1) is 0 Å². The summed E-state index contributed by atoms with van der Waals surface area (Å²) in [6.45, 7) is 7.82. The summed E-state index contributed by atoms with van der Waals surface area (Å²) in [6, 6.07) is 71.2. The van der Waals surface area contributed by atoms with Gasteiger partial charge in [0.05, 0.1) is 57.1 Å². The Kier molecular flexibility index (Phi) is 8.16. The zero-order valence-electron chi connectivity index (χ0n) is 36.2. The molecule has 2 aliphatic rings. The molecule has 0 saturated heterocycles. The molecule has 7 heteroatoms. The number of fused-ring (bicyclic) bond motifs is 15. The molecule has 0 amide bonds. The van der Waals surface area contributed by atoms with Gasteiger partial charge >= 0.3 is 0 Å². The molecule has 14 rings (SSSR count). The monoisotopic (exact) mass is 882 g/mol. The van der Waals surface area contributed by atoms with Gasteiger partial charge in [-0.1, -0.05) is 96.7 Å². The van der Waals surface area contributed by atoms with Crippen LogP contribution in [0.1, 0.15) is 27.8 Å². The molecule has 0 fully saturated rings. The van der Waals surface area contributed by atoms with Crippen LogP contribution in [-0.4, -0.2) is 19.1 Å². The largest absolute Gasteiger partial charge is 0.309 e. The van der Waals surface area contributed by atoms with Crippen molar-refractivity contribution < 1.29 is 0 Å². The Bertz CT molecular complexity index is 4160. The van der Waals surface area contributed by atoms with Gasteiger partial charge in [0.15, 0.2) is 5.69 Å². The molecule has 314 valence electrons. The van der Waals surface area contributed by atoms with Gasteiger partial charge in [0.25, 0.3) is 0 Å². The number of hydrogen-bond acceptors (Lipinski definition) is 4. The van der Waals surface area contributed by atoms with E-state index in [1.165, 1.54) is 20.9 Å². The predicted octanol–water partition coefficient (Wildman–Crippen LogP) is 15.3. The van der Waals surface area contributed by atoms with Crippen molar-refractivity contribution in [3.8, 4) is 51.1 Å². The third kappa shape index (κ3) is 5.34. The summed E-state index contributed by atoms with van der Waals surface area (Å²) in [4.78, 5) is 16.2. The van der Waals surface area contributed by atoms with E-state index in [2.05, 4.69) is 178 Å². The van der Waals surface area contributed by atoms with Crippen molar-refractivity contribution in [2.75, 3.05) is 0 Å². The first-order valence-corrected chi connectivity index (χ1v) is 23.4. The molecular formula is C61H34N6S. The van der Waals surface area contributed by atoms with E-state index in [0.29, 0.717) is 11.3 Å². The number of pyridine rings is 2. The highest BCUT2D eigenvalue weighted by Crippen LogP contribution is 2.62. The van der Waals surface area contributed by atoms with Crippen LogP contribution >= 0.6 is 11.8 Å². The van der Waals surface area contributed by atoms with Gasteiger partial charge in [0.1, 0.15) is 0 Å². The fraction of sp³-hybridized carbons (Fsp3) is 0.0164. The molecule has 1 aliphatic heterocycles. The maximum atomic E-state index is 9.97. The van der Waals surface area contributed by atoms with Crippen molar-refractivity contribution in [3.05, 3.63) is 246 Å². The fourth-order valence-electron chi connectivity index (χ4n) is 11.2. The molecule has 0 unspecified atom stereocenters. The normalized spacial score (nSPS) is 13.0. The highest BCUT2D eigenvalue weighted by molar-refractivity contribution is 7.99. The minimum absolute atomic E-state index is 0.624. The summed E-state index contributed by atoms with van der Waals surface area (Å²) in [6.07, 6.45) is 3.75. The van der Waals surface area contributed by atoms with Crippen molar-refractivity contribution in [1.82, 2.24) is 19.1 Å². The molecule has 6 nitrogen and oxygen atoms in total. The molecule has 0 N–H and O–H groups in total. The standard InChI is InChI=1S/C61H34N6S/c1-63-42-21-26-56-48(35-42)47-32-39(19-25-55(47)67(56)44-12-6-3-7-13-44)41-17-22-49-58(34-41)68-57-27-20-40(33-52(57)61(49)50-14-8-28-64-59(50)60-51(61)15-9-29-65-60)38-18-24-54-46(31-38)45-30-37(36-62)16-23-53(45)66(54)43-10-4-2-5-11-43/h2-35H. The molecule has 0 atom stereocenters. The molecular weight excluding hydrogens is 849 g/mol. The first kappa shape index (κ1) is 38.3. The van der Waals surface area contributed by atoms with E-state index < -0.39 is 5.41 Å². The molecule has 0 bridgehead atoms. The van der Waals surface area contributed by atoms with Gasteiger partial charge in [-0.05, 0) is 159 Å². The Morgan fingerprint density at radius 1 is 0.456 bits per heavy atom. The zero-order valence-corrected chi connectivity index (χ0v) is 37.0. The number of para-hydroxylation sites is 2. The Morgan fingerprint density at radius 2 is 0.971 bits per heavy atom. The third-order valence-corrected chi connectivity index (χ3v) is 15.2. The van der Waals surface area contributed by atoms with E-state index in [1.807, 2.05) is 60.6 Å². The minimum atomic E-state index is -0.685. The lowest BCUT2D eigenvalue weighted by molar-refractivity contribution is 0.720. The molecule has 68 heavy (non-hydrogen) atoms. The van der Waals surface area contributed by atoms with Crippen LogP contribution < -0.4 is 0 Å². The average molecular weight is 883 g/mol. The summed E-state index contributed by atoms with van der Waals surface area (Å²) < 4.78 is 4.58. The van der Waals surface area contributed by atoms with Crippen LogP contribution in [0.3, 0.4) is 0 Å². The first-order chi connectivity index (χ1) is 33.6. The molecule has 0 radical (unpaired) electrons. The van der Waals surface area contributed by atoms with Gasteiger partial charge in [-0.2, -0.15) is 5.26 Å². The van der Waals surface area contributed by atoms with Crippen LogP contribution in [0.5, 0.6) is 0 Å². The van der Waals surface area contributed by atoms with E-state index in [4.69, 9.17) is 16.5 Å². The smallest absolute Gasteiger partial charge is 0.188 e. The van der Waals surface area contributed by atoms with Gasteiger partial charge in [0, 0.05) is 49.7 Å². The lowest BCUT2D eigenvalue weighted by Gasteiger charge is -2.39. The second-order valence-corrected chi connectivity index (χ2v) is 18.6. The molecule has 5 heterocycles. The van der Waals surface area contributed by atoms with Crippen LogP contribution in [0, 0.1) is 17.9 Å². The molecule has 12 aromatic rings. The lowest BCUT2D eigenvalue weighted by Crippen LogP contribution is -2.32. The SMILES string of the molecule is [C-]#[N+]c1ccc2c(c1)c1cc(-c3ccc4c(c3)Sc3ccc(-c5ccc6c(c5)c5cc(C#N)ccc5n6-c5ccccc5)cc3C43c4cccnc4-c4ncccc43)ccc1n2-c1ccccc1. The van der Waals surface area contributed by atoms with E-state index in [9.17, 15) is 5.26 Å². The topological polar surface area (TPSA) is 63.8 Å².